The van der Waals surface area contributed by atoms with Crippen molar-refractivity contribution in [2.75, 3.05) is 11.9 Å². The van der Waals surface area contributed by atoms with E-state index in [1.54, 1.807) is 31.3 Å². The molecule has 35 heavy (non-hydrogen) atoms. The summed E-state index contributed by atoms with van der Waals surface area (Å²) in [6, 6.07) is 14.4. The summed E-state index contributed by atoms with van der Waals surface area (Å²) in [5, 5.41) is 6.87. The normalized spacial score (nSPS) is 16.8. The Hall–Kier alpha value is -3.33. The standard InChI is InChI=1S/C25H24ClF3N4O2/c1-32(19-10-8-18(26)9-11-19)24(35)21-13-17-6-2-4-16(12-17)5-3-7-20-14-22(25(27,28)29)31-33(20)15-23(34)30-21/h2,4,6,8-12,14,21H,3,5,7,13,15H2,1H3,(H,30,34)/t21-/m0/s1. The molecule has 4 rings (SSSR count). The molecule has 1 atom stereocenters. The van der Waals surface area contributed by atoms with Gasteiger partial charge in [-0.2, -0.15) is 18.3 Å². The van der Waals surface area contributed by atoms with Crippen molar-refractivity contribution >= 4 is 29.1 Å². The van der Waals surface area contributed by atoms with Gasteiger partial charge < -0.3 is 10.2 Å². The number of benzene rings is 2. The third-order valence-corrected chi connectivity index (χ3v) is 6.21. The number of rotatable bonds is 2. The number of halogens is 4. The predicted molar refractivity (Wildman–Crippen MR) is 126 cm³/mol. The first-order chi connectivity index (χ1) is 16.6. The van der Waals surface area contributed by atoms with Gasteiger partial charge in [0.15, 0.2) is 5.69 Å². The van der Waals surface area contributed by atoms with Gasteiger partial charge in [-0.15, -0.1) is 0 Å². The minimum absolute atomic E-state index is 0.232. The number of amides is 2. The van der Waals surface area contributed by atoms with Crippen LogP contribution in [0.1, 0.15) is 28.9 Å². The van der Waals surface area contributed by atoms with Crippen molar-refractivity contribution in [1.82, 2.24) is 15.1 Å². The molecular formula is C25H24ClF3N4O2. The summed E-state index contributed by atoms with van der Waals surface area (Å²) >= 11 is 5.95. The number of fused-ring (bicyclic) bond motifs is 3. The van der Waals surface area contributed by atoms with E-state index in [4.69, 9.17) is 11.6 Å². The van der Waals surface area contributed by atoms with E-state index in [-0.39, 0.29) is 12.3 Å². The second-order valence-electron chi connectivity index (χ2n) is 8.55. The van der Waals surface area contributed by atoms with Crippen LogP contribution in [0.25, 0.3) is 0 Å². The third kappa shape index (κ3) is 6.03. The van der Waals surface area contributed by atoms with E-state index in [0.29, 0.717) is 35.7 Å². The Morgan fingerprint density at radius 3 is 2.54 bits per heavy atom. The van der Waals surface area contributed by atoms with Gasteiger partial charge in [-0.3, -0.25) is 14.3 Å². The molecular weight excluding hydrogens is 481 g/mol. The third-order valence-electron chi connectivity index (χ3n) is 5.95. The number of hydrogen-bond acceptors (Lipinski definition) is 3. The molecule has 1 aromatic heterocycles. The first-order valence-electron chi connectivity index (χ1n) is 11.1. The molecule has 3 aromatic rings. The molecule has 1 aliphatic rings. The molecule has 2 heterocycles. The SMILES string of the molecule is CN(C(=O)[C@@H]1Cc2cccc(c2)CCCc2cc(C(F)(F)F)nn2CC(=O)N1)c1ccc(Cl)cc1. The van der Waals surface area contributed by atoms with E-state index in [2.05, 4.69) is 10.4 Å². The summed E-state index contributed by atoms with van der Waals surface area (Å²) < 4.78 is 40.9. The fourth-order valence-corrected chi connectivity index (χ4v) is 4.28. The molecule has 0 saturated carbocycles. The molecule has 2 amide bonds. The summed E-state index contributed by atoms with van der Waals surface area (Å²) in [6.07, 6.45) is -2.81. The van der Waals surface area contributed by atoms with E-state index < -0.39 is 30.4 Å². The van der Waals surface area contributed by atoms with Gasteiger partial charge in [0.2, 0.25) is 11.8 Å². The molecule has 2 aromatic carbocycles. The lowest BCUT2D eigenvalue weighted by Crippen LogP contribution is -2.49. The summed E-state index contributed by atoms with van der Waals surface area (Å²) in [5.41, 5.74) is 1.76. The molecule has 0 aliphatic carbocycles. The Kier molecular flexibility index (Phi) is 7.16. The van der Waals surface area contributed by atoms with E-state index in [0.717, 1.165) is 21.9 Å². The van der Waals surface area contributed by atoms with Crippen LogP contribution < -0.4 is 10.2 Å². The summed E-state index contributed by atoms with van der Waals surface area (Å²) in [4.78, 5) is 27.7. The first-order valence-corrected chi connectivity index (χ1v) is 11.5. The zero-order chi connectivity index (χ0) is 25.2. The molecule has 0 saturated heterocycles. The lowest BCUT2D eigenvalue weighted by molar-refractivity contribution is -0.141. The van der Waals surface area contributed by atoms with Gasteiger partial charge >= 0.3 is 6.18 Å². The van der Waals surface area contributed by atoms with Gasteiger partial charge in [-0.05, 0) is 60.7 Å². The van der Waals surface area contributed by atoms with Crippen molar-refractivity contribution in [2.24, 2.45) is 0 Å². The lowest BCUT2D eigenvalue weighted by Gasteiger charge is -2.25. The largest absolute Gasteiger partial charge is 0.435 e. The number of nitrogens with one attached hydrogen (secondary N) is 1. The number of nitrogens with zero attached hydrogens (tertiary/aromatic N) is 3. The fourth-order valence-electron chi connectivity index (χ4n) is 4.16. The smallest absolute Gasteiger partial charge is 0.342 e. The maximum atomic E-state index is 13.4. The van der Waals surface area contributed by atoms with Crippen LogP contribution in [0.15, 0.2) is 54.6 Å². The zero-order valence-electron chi connectivity index (χ0n) is 19.0. The van der Waals surface area contributed by atoms with Gasteiger partial charge in [0.05, 0.1) is 0 Å². The minimum Gasteiger partial charge on any atom is -0.342 e. The molecule has 1 N–H and O–H groups in total. The van der Waals surface area contributed by atoms with Gasteiger partial charge in [0, 0.05) is 29.9 Å². The van der Waals surface area contributed by atoms with Crippen LogP contribution in [0.2, 0.25) is 5.02 Å². The molecule has 1 aliphatic heterocycles. The van der Waals surface area contributed by atoms with E-state index in [1.165, 1.54) is 4.90 Å². The Labute approximate surface area is 205 Å². The maximum absolute atomic E-state index is 13.4. The molecule has 0 unspecified atom stereocenters. The number of anilines is 1. The Morgan fingerprint density at radius 2 is 1.83 bits per heavy atom. The molecule has 0 radical (unpaired) electrons. The number of likely N-dealkylation sites (N-methyl/N-ethyl adjacent to an activating group) is 1. The Bertz CT molecular complexity index is 1220. The number of carbonyl (C=O) groups is 2. The quantitative estimate of drug-likeness (QED) is 0.561. The molecule has 0 spiro atoms. The fraction of sp³-hybridized carbons (Fsp3) is 0.320. The molecule has 2 bridgehead atoms. The minimum atomic E-state index is -4.62. The Balaban J connectivity index is 1.66. The number of carbonyl (C=O) groups excluding carboxylic acids is 2. The van der Waals surface area contributed by atoms with Crippen molar-refractivity contribution in [1.29, 1.82) is 0 Å². The second-order valence-corrected chi connectivity index (χ2v) is 8.98. The van der Waals surface area contributed by atoms with Crippen LogP contribution in [0, 0.1) is 0 Å². The highest BCUT2D eigenvalue weighted by molar-refractivity contribution is 6.30. The van der Waals surface area contributed by atoms with Gasteiger partial charge in [-0.1, -0.05) is 35.9 Å². The highest BCUT2D eigenvalue weighted by Crippen LogP contribution is 2.29. The second kappa shape index (κ2) is 10.1. The topological polar surface area (TPSA) is 67.2 Å². The van der Waals surface area contributed by atoms with Crippen LogP contribution in [-0.2, 0) is 41.6 Å². The van der Waals surface area contributed by atoms with Gasteiger partial charge in [-0.25, -0.2) is 0 Å². The summed E-state index contributed by atoms with van der Waals surface area (Å²) in [5.74, 6) is -0.959. The van der Waals surface area contributed by atoms with Crippen LogP contribution in [0.4, 0.5) is 18.9 Å². The van der Waals surface area contributed by atoms with E-state index in [9.17, 15) is 22.8 Å². The number of aromatic nitrogens is 2. The average Bonchev–Trinajstić information content (AvgIpc) is 3.21. The van der Waals surface area contributed by atoms with Gasteiger partial charge in [0.1, 0.15) is 12.6 Å². The highest BCUT2D eigenvalue weighted by Gasteiger charge is 2.35. The van der Waals surface area contributed by atoms with Crippen LogP contribution >= 0.6 is 11.6 Å². The van der Waals surface area contributed by atoms with Crippen molar-refractivity contribution in [3.05, 3.63) is 82.1 Å². The Morgan fingerprint density at radius 1 is 1.11 bits per heavy atom. The molecule has 0 fully saturated rings. The average molecular weight is 505 g/mol. The van der Waals surface area contributed by atoms with Crippen molar-refractivity contribution in [3.8, 4) is 0 Å². The zero-order valence-corrected chi connectivity index (χ0v) is 19.7. The van der Waals surface area contributed by atoms with Crippen LogP contribution in [0.5, 0.6) is 0 Å². The number of aryl methyl sites for hydroxylation is 2. The highest BCUT2D eigenvalue weighted by atomic mass is 35.5. The van der Waals surface area contributed by atoms with Gasteiger partial charge in [0.25, 0.3) is 0 Å². The number of alkyl halides is 3. The van der Waals surface area contributed by atoms with Crippen molar-refractivity contribution < 1.29 is 22.8 Å². The molecule has 184 valence electrons. The monoisotopic (exact) mass is 504 g/mol. The summed E-state index contributed by atoms with van der Waals surface area (Å²) in [7, 11) is 1.59. The first kappa shape index (κ1) is 24.8. The van der Waals surface area contributed by atoms with Crippen molar-refractivity contribution in [2.45, 2.75) is 44.4 Å². The van der Waals surface area contributed by atoms with Crippen LogP contribution in [0.3, 0.4) is 0 Å². The lowest BCUT2D eigenvalue weighted by atomic mass is 9.99. The van der Waals surface area contributed by atoms with Crippen molar-refractivity contribution in [3.63, 3.8) is 0 Å². The van der Waals surface area contributed by atoms with E-state index >= 15 is 0 Å². The predicted octanol–water partition coefficient (Wildman–Crippen LogP) is 4.43. The molecule has 10 heteroatoms. The van der Waals surface area contributed by atoms with E-state index in [1.807, 2.05) is 24.3 Å². The van der Waals surface area contributed by atoms with Crippen LogP contribution in [-0.4, -0.2) is 34.7 Å². The summed E-state index contributed by atoms with van der Waals surface area (Å²) in [6.45, 7) is -0.419. The number of hydrogen-bond donors (Lipinski definition) is 1. The maximum Gasteiger partial charge on any atom is 0.435 e. The molecule has 6 nitrogen and oxygen atoms in total.